The number of thiocarbonyl (C=S) groups is 2. The van der Waals surface area contributed by atoms with Crippen molar-refractivity contribution >= 4 is 40.5 Å². The van der Waals surface area contributed by atoms with E-state index in [1.807, 2.05) is 0 Å². The third-order valence-electron chi connectivity index (χ3n) is 1.68. The van der Waals surface area contributed by atoms with Gasteiger partial charge in [-0.15, -0.1) is 6.58 Å². The SMILES string of the molecule is C=CC(C(=O)O)C(CC(O)=S)C(O)=S. The molecular formula is C8H10O4S2. The summed E-state index contributed by atoms with van der Waals surface area (Å²) in [6, 6.07) is 0. The lowest BCUT2D eigenvalue weighted by Crippen LogP contribution is -2.29. The molecule has 0 bridgehead atoms. The Morgan fingerprint density at radius 1 is 1.36 bits per heavy atom. The van der Waals surface area contributed by atoms with Gasteiger partial charge in [-0.1, -0.05) is 6.08 Å². The third kappa shape index (κ3) is 3.80. The molecule has 0 aromatic rings. The smallest absolute Gasteiger partial charge is 0.311 e. The van der Waals surface area contributed by atoms with E-state index in [9.17, 15) is 4.79 Å². The number of rotatable bonds is 6. The Labute approximate surface area is 91.9 Å². The van der Waals surface area contributed by atoms with Crippen LogP contribution in [0.25, 0.3) is 0 Å². The average Bonchev–Trinajstić information content (AvgIpc) is 2.02. The Balaban J connectivity index is 4.78. The molecule has 0 radical (unpaired) electrons. The highest BCUT2D eigenvalue weighted by molar-refractivity contribution is 7.80. The van der Waals surface area contributed by atoms with E-state index >= 15 is 0 Å². The summed E-state index contributed by atoms with van der Waals surface area (Å²) >= 11 is 8.87. The molecule has 3 N–H and O–H groups in total. The van der Waals surface area contributed by atoms with Gasteiger partial charge in [-0.05, 0) is 24.4 Å². The lowest BCUT2D eigenvalue weighted by atomic mass is 9.90. The van der Waals surface area contributed by atoms with Gasteiger partial charge in [0.15, 0.2) is 10.1 Å². The second-order valence-corrected chi connectivity index (χ2v) is 3.53. The second kappa shape index (κ2) is 5.66. The summed E-state index contributed by atoms with van der Waals surface area (Å²) in [5.41, 5.74) is 0. The summed E-state index contributed by atoms with van der Waals surface area (Å²) in [6.07, 6.45) is 0.988. The zero-order valence-corrected chi connectivity index (χ0v) is 8.85. The first-order valence-electron chi connectivity index (χ1n) is 3.70. The number of aliphatic carboxylic acids is 1. The van der Waals surface area contributed by atoms with E-state index in [0.717, 1.165) is 6.08 Å². The number of hydrogen-bond donors (Lipinski definition) is 3. The zero-order valence-electron chi connectivity index (χ0n) is 7.21. The van der Waals surface area contributed by atoms with E-state index < -0.39 is 22.9 Å². The van der Waals surface area contributed by atoms with Crippen LogP contribution in [0.3, 0.4) is 0 Å². The van der Waals surface area contributed by atoms with Crippen LogP contribution in [-0.4, -0.2) is 31.4 Å². The quantitative estimate of drug-likeness (QED) is 0.479. The zero-order chi connectivity index (χ0) is 11.3. The van der Waals surface area contributed by atoms with Gasteiger partial charge in [0.25, 0.3) is 0 Å². The fourth-order valence-corrected chi connectivity index (χ4v) is 1.40. The van der Waals surface area contributed by atoms with Crippen molar-refractivity contribution in [1.29, 1.82) is 0 Å². The van der Waals surface area contributed by atoms with E-state index in [1.54, 1.807) is 0 Å². The van der Waals surface area contributed by atoms with Crippen LogP contribution in [0.4, 0.5) is 0 Å². The van der Waals surface area contributed by atoms with Crippen molar-refractivity contribution in [3.63, 3.8) is 0 Å². The Hall–Kier alpha value is -1.01. The standard InChI is InChI=1S/C8H10O4S2/c1-2-4(7(10)11)5(8(12)14)3-6(9)13/h2,4-5H,1,3H2,(H,9,13)(H,10,11)(H,12,14). The summed E-state index contributed by atoms with van der Waals surface area (Å²) in [7, 11) is 0. The number of carboxylic acid groups (broad SMARTS) is 1. The molecule has 0 saturated heterocycles. The van der Waals surface area contributed by atoms with Gasteiger partial charge < -0.3 is 15.3 Å². The number of aliphatic hydroxyl groups excluding tert-OH is 2. The van der Waals surface area contributed by atoms with Crippen molar-refractivity contribution in [2.24, 2.45) is 11.8 Å². The highest BCUT2D eigenvalue weighted by Gasteiger charge is 2.29. The molecule has 2 atom stereocenters. The van der Waals surface area contributed by atoms with Crippen LogP contribution in [-0.2, 0) is 4.79 Å². The number of hydrogen-bond acceptors (Lipinski definition) is 3. The fraction of sp³-hybridized carbons (Fsp3) is 0.375. The first-order valence-corrected chi connectivity index (χ1v) is 4.51. The molecule has 4 nitrogen and oxygen atoms in total. The van der Waals surface area contributed by atoms with Crippen molar-refractivity contribution in [3.05, 3.63) is 12.7 Å². The predicted octanol–water partition coefficient (Wildman–Crippen LogP) is 1.65. The Kier molecular flexibility index (Phi) is 5.26. The topological polar surface area (TPSA) is 77.8 Å². The molecule has 0 amide bonds. The first-order chi connectivity index (χ1) is 6.40. The molecule has 0 aliphatic heterocycles. The second-order valence-electron chi connectivity index (χ2n) is 2.64. The largest absolute Gasteiger partial charge is 0.502 e. The van der Waals surface area contributed by atoms with Crippen molar-refractivity contribution in [2.75, 3.05) is 0 Å². The van der Waals surface area contributed by atoms with Gasteiger partial charge in [-0.3, -0.25) is 4.79 Å². The van der Waals surface area contributed by atoms with Gasteiger partial charge in [-0.2, -0.15) is 0 Å². The molecule has 0 spiro atoms. The van der Waals surface area contributed by atoms with E-state index in [1.165, 1.54) is 0 Å². The van der Waals surface area contributed by atoms with Crippen LogP contribution in [0.15, 0.2) is 12.7 Å². The Morgan fingerprint density at radius 3 is 2.07 bits per heavy atom. The highest BCUT2D eigenvalue weighted by atomic mass is 32.1. The maximum absolute atomic E-state index is 10.7. The average molecular weight is 234 g/mol. The van der Waals surface area contributed by atoms with E-state index in [-0.39, 0.29) is 11.5 Å². The molecule has 0 aromatic heterocycles. The van der Waals surface area contributed by atoms with Crippen LogP contribution < -0.4 is 0 Å². The first kappa shape index (κ1) is 13.0. The molecule has 2 unspecified atom stereocenters. The van der Waals surface area contributed by atoms with E-state index in [4.69, 9.17) is 15.3 Å². The third-order valence-corrected chi connectivity index (χ3v) is 2.15. The summed E-state index contributed by atoms with van der Waals surface area (Å²) < 4.78 is 0. The van der Waals surface area contributed by atoms with E-state index in [2.05, 4.69) is 31.0 Å². The Morgan fingerprint density at radius 2 is 1.86 bits per heavy atom. The number of carboxylic acids is 1. The Bertz CT molecular complexity index is 275. The molecule has 0 fully saturated rings. The molecule has 0 aromatic carbocycles. The van der Waals surface area contributed by atoms with Crippen molar-refractivity contribution in [2.45, 2.75) is 6.42 Å². The maximum atomic E-state index is 10.7. The van der Waals surface area contributed by atoms with Crippen LogP contribution >= 0.6 is 24.4 Å². The molecule has 78 valence electrons. The summed E-state index contributed by atoms with van der Waals surface area (Å²) in [5.74, 6) is -3.12. The number of aliphatic hydroxyl groups is 2. The predicted molar refractivity (Wildman–Crippen MR) is 59.9 cm³/mol. The number of carbonyl (C=O) groups is 1. The van der Waals surface area contributed by atoms with Gasteiger partial charge in [0.2, 0.25) is 0 Å². The highest BCUT2D eigenvalue weighted by Crippen LogP contribution is 2.19. The minimum atomic E-state index is -1.17. The van der Waals surface area contributed by atoms with E-state index in [0.29, 0.717) is 0 Å². The lowest BCUT2D eigenvalue weighted by molar-refractivity contribution is -0.141. The lowest BCUT2D eigenvalue weighted by Gasteiger charge is -2.17. The minimum Gasteiger partial charge on any atom is -0.502 e. The maximum Gasteiger partial charge on any atom is 0.311 e. The van der Waals surface area contributed by atoms with Crippen LogP contribution in [0.1, 0.15) is 6.42 Å². The van der Waals surface area contributed by atoms with Gasteiger partial charge in [0.1, 0.15) is 0 Å². The van der Waals surface area contributed by atoms with Gasteiger partial charge in [0, 0.05) is 6.42 Å². The van der Waals surface area contributed by atoms with Crippen molar-refractivity contribution in [3.8, 4) is 0 Å². The van der Waals surface area contributed by atoms with Gasteiger partial charge in [0.05, 0.1) is 11.8 Å². The monoisotopic (exact) mass is 234 g/mol. The molecule has 0 saturated carbocycles. The van der Waals surface area contributed by atoms with Crippen LogP contribution in [0, 0.1) is 11.8 Å². The summed E-state index contributed by atoms with van der Waals surface area (Å²) in [6.45, 7) is 3.32. The molecule has 0 aliphatic carbocycles. The minimum absolute atomic E-state index is 0.159. The van der Waals surface area contributed by atoms with Gasteiger partial charge in [-0.25, -0.2) is 0 Å². The van der Waals surface area contributed by atoms with Crippen molar-refractivity contribution in [1.82, 2.24) is 0 Å². The molecule has 6 heteroatoms. The summed E-state index contributed by atoms with van der Waals surface area (Å²) in [5, 5.41) is 25.7. The molecule has 14 heavy (non-hydrogen) atoms. The normalized spacial score (nSPS) is 14.0. The van der Waals surface area contributed by atoms with Gasteiger partial charge >= 0.3 is 5.97 Å². The molecule has 0 heterocycles. The summed E-state index contributed by atoms with van der Waals surface area (Å²) in [4.78, 5) is 10.7. The molecule has 0 aliphatic rings. The van der Waals surface area contributed by atoms with Crippen molar-refractivity contribution < 1.29 is 20.1 Å². The fourth-order valence-electron chi connectivity index (χ4n) is 0.993. The molecular weight excluding hydrogens is 224 g/mol. The van der Waals surface area contributed by atoms with Crippen LogP contribution in [0.2, 0.25) is 0 Å². The molecule has 0 rings (SSSR count). The van der Waals surface area contributed by atoms with Crippen LogP contribution in [0.5, 0.6) is 0 Å².